The van der Waals surface area contributed by atoms with Crippen LogP contribution in [0.3, 0.4) is 0 Å². The van der Waals surface area contributed by atoms with Crippen LogP contribution in [0.25, 0.3) is 0 Å². The average Bonchev–Trinajstić information content (AvgIpc) is 2.23. The maximum absolute atomic E-state index is 13.5. The molecule has 1 aromatic carbocycles. The number of benzene rings is 1. The summed E-state index contributed by atoms with van der Waals surface area (Å²) in [6.07, 6.45) is -0.927. The van der Waals surface area contributed by atoms with E-state index in [9.17, 15) is 17.2 Å². The molecule has 108 valence electrons. The van der Waals surface area contributed by atoms with Crippen LogP contribution < -0.4 is 10.5 Å². The lowest BCUT2D eigenvalue weighted by atomic mass is 10.2. The van der Waals surface area contributed by atoms with Crippen LogP contribution in [0.4, 0.5) is 8.78 Å². The zero-order valence-electron chi connectivity index (χ0n) is 9.90. The zero-order valence-corrected chi connectivity index (χ0v) is 12.3. The molecule has 0 aromatic heterocycles. The molecule has 2 unspecified atom stereocenters. The maximum Gasteiger partial charge on any atom is 0.244 e. The van der Waals surface area contributed by atoms with Gasteiger partial charge in [0.05, 0.1) is 6.10 Å². The van der Waals surface area contributed by atoms with Gasteiger partial charge < -0.3 is 10.8 Å². The molecular formula is C10H13BrF2N2O3S. The molecule has 0 amide bonds. The fourth-order valence-electron chi connectivity index (χ4n) is 1.23. The summed E-state index contributed by atoms with van der Waals surface area (Å²) in [6, 6.07) is 0.470. The summed E-state index contributed by atoms with van der Waals surface area (Å²) >= 11 is 2.79. The topological polar surface area (TPSA) is 92.4 Å². The van der Waals surface area contributed by atoms with Crippen LogP contribution in [-0.2, 0) is 10.0 Å². The van der Waals surface area contributed by atoms with Gasteiger partial charge in [-0.05, 0) is 28.9 Å². The van der Waals surface area contributed by atoms with Crippen LogP contribution in [0.5, 0.6) is 0 Å². The molecule has 1 aromatic rings. The quantitative estimate of drug-likeness (QED) is 0.722. The second kappa shape index (κ2) is 6.23. The van der Waals surface area contributed by atoms with Crippen molar-refractivity contribution in [2.75, 3.05) is 6.54 Å². The summed E-state index contributed by atoms with van der Waals surface area (Å²) in [5.41, 5.74) is 5.46. The third kappa shape index (κ3) is 4.18. The molecule has 1 rings (SSSR count). The van der Waals surface area contributed by atoms with Crippen molar-refractivity contribution in [3.05, 3.63) is 28.2 Å². The van der Waals surface area contributed by atoms with Gasteiger partial charge >= 0.3 is 0 Å². The number of halogens is 3. The highest BCUT2D eigenvalue weighted by Crippen LogP contribution is 2.25. The van der Waals surface area contributed by atoms with Crippen molar-refractivity contribution in [2.24, 2.45) is 5.73 Å². The van der Waals surface area contributed by atoms with Gasteiger partial charge in [0.2, 0.25) is 10.0 Å². The minimum Gasteiger partial charge on any atom is -0.392 e. The summed E-state index contributed by atoms with van der Waals surface area (Å²) in [6.45, 7) is 1.12. The predicted octanol–water partition coefficient (Wildman–Crippen LogP) is 0.714. The normalized spacial score (nSPS) is 15.3. The Morgan fingerprint density at radius 1 is 1.47 bits per heavy atom. The summed E-state index contributed by atoms with van der Waals surface area (Å²) in [5.74, 6) is -2.12. The molecule has 2 atom stereocenters. The molecule has 0 radical (unpaired) electrons. The molecular weight excluding hydrogens is 346 g/mol. The molecule has 0 aliphatic heterocycles. The van der Waals surface area contributed by atoms with Crippen LogP contribution in [-0.4, -0.2) is 32.2 Å². The average molecular weight is 359 g/mol. The Kier molecular flexibility index (Phi) is 5.39. The summed E-state index contributed by atoms with van der Waals surface area (Å²) in [4.78, 5) is -0.702. The molecule has 4 N–H and O–H groups in total. The number of hydrogen-bond donors (Lipinski definition) is 3. The van der Waals surface area contributed by atoms with E-state index in [0.29, 0.717) is 6.07 Å². The Morgan fingerprint density at radius 3 is 2.53 bits per heavy atom. The van der Waals surface area contributed by atoms with Crippen molar-refractivity contribution < 1.29 is 22.3 Å². The molecule has 0 saturated heterocycles. The van der Waals surface area contributed by atoms with Crippen molar-refractivity contribution in [3.63, 3.8) is 0 Å². The van der Waals surface area contributed by atoms with Crippen molar-refractivity contribution in [3.8, 4) is 0 Å². The van der Waals surface area contributed by atoms with Gasteiger partial charge in [0.15, 0.2) is 0 Å². The molecule has 0 aliphatic rings. The molecule has 0 saturated carbocycles. The smallest absolute Gasteiger partial charge is 0.244 e. The first kappa shape index (κ1) is 16.4. The Balaban J connectivity index is 3.02. The van der Waals surface area contributed by atoms with E-state index in [0.717, 1.165) is 6.07 Å². The van der Waals surface area contributed by atoms with E-state index >= 15 is 0 Å². The molecule has 0 aliphatic carbocycles. The standard InChI is InChI=1S/C10H13BrF2N2O3S/c1-5(16)9(14)4-15-19(17,18)10-7(11)2-6(12)3-8(10)13/h2-3,5,9,15-16H,4,14H2,1H3. The number of aliphatic hydroxyl groups is 1. The summed E-state index contributed by atoms with van der Waals surface area (Å²) in [7, 11) is -4.20. The lowest BCUT2D eigenvalue weighted by molar-refractivity contribution is 0.164. The van der Waals surface area contributed by atoms with E-state index in [1.807, 2.05) is 0 Å². The molecule has 5 nitrogen and oxygen atoms in total. The molecule has 0 heterocycles. The van der Waals surface area contributed by atoms with Gasteiger partial charge in [0.25, 0.3) is 0 Å². The van der Waals surface area contributed by atoms with Crippen LogP contribution in [0.1, 0.15) is 6.92 Å². The lowest BCUT2D eigenvalue weighted by Gasteiger charge is -2.16. The van der Waals surface area contributed by atoms with Gasteiger partial charge in [-0.3, -0.25) is 0 Å². The molecule has 0 spiro atoms. The number of sulfonamides is 1. The largest absolute Gasteiger partial charge is 0.392 e. The van der Waals surface area contributed by atoms with Crippen molar-refractivity contribution in [1.82, 2.24) is 4.72 Å². The third-order valence-corrected chi connectivity index (χ3v) is 4.75. The molecule has 0 fully saturated rings. The number of aliphatic hydroxyl groups excluding tert-OH is 1. The number of rotatable bonds is 5. The van der Waals surface area contributed by atoms with E-state index in [-0.39, 0.29) is 11.0 Å². The molecule has 19 heavy (non-hydrogen) atoms. The van der Waals surface area contributed by atoms with Crippen molar-refractivity contribution in [1.29, 1.82) is 0 Å². The maximum atomic E-state index is 13.5. The van der Waals surface area contributed by atoms with E-state index in [1.54, 1.807) is 0 Å². The fourth-order valence-corrected chi connectivity index (χ4v) is 3.47. The third-order valence-electron chi connectivity index (χ3n) is 2.36. The van der Waals surface area contributed by atoms with E-state index in [2.05, 4.69) is 20.7 Å². The lowest BCUT2D eigenvalue weighted by Crippen LogP contribution is -2.43. The highest BCUT2D eigenvalue weighted by Gasteiger charge is 2.24. The highest BCUT2D eigenvalue weighted by atomic mass is 79.9. The molecule has 9 heteroatoms. The van der Waals surface area contributed by atoms with Gasteiger partial charge in [-0.2, -0.15) is 0 Å². The van der Waals surface area contributed by atoms with Crippen molar-refractivity contribution >= 4 is 26.0 Å². The number of nitrogens with one attached hydrogen (secondary N) is 1. The first-order valence-electron chi connectivity index (χ1n) is 5.23. The second-order valence-electron chi connectivity index (χ2n) is 3.95. The Bertz CT molecular complexity index is 543. The Hall–Kier alpha value is -0.610. The Labute approximate surface area is 118 Å². The SMILES string of the molecule is CC(O)C(N)CNS(=O)(=O)c1c(F)cc(F)cc1Br. The first-order chi connectivity index (χ1) is 8.65. The zero-order chi connectivity index (χ0) is 14.8. The summed E-state index contributed by atoms with van der Waals surface area (Å²) < 4.78 is 52.0. The van der Waals surface area contributed by atoms with Crippen LogP contribution in [0.15, 0.2) is 21.5 Å². The first-order valence-corrected chi connectivity index (χ1v) is 7.50. The monoisotopic (exact) mass is 358 g/mol. The van der Waals surface area contributed by atoms with Crippen LogP contribution in [0, 0.1) is 11.6 Å². The number of hydrogen-bond acceptors (Lipinski definition) is 4. The van der Waals surface area contributed by atoms with Gasteiger partial charge in [-0.25, -0.2) is 21.9 Å². The van der Waals surface area contributed by atoms with E-state index in [4.69, 9.17) is 10.8 Å². The van der Waals surface area contributed by atoms with Crippen LogP contribution >= 0.6 is 15.9 Å². The minimum absolute atomic E-state index is 0.233. The van der Waals surface area contributed by atoms with E-state index < -0.39 is 38.7 Å². The van der Waals surface area contributed by atoms with Gasteiger partial charge in [0, 0.05) is 23.1 Å². The molecule has 0 bridgehead atoms. The van der Waals surface area contributed by atoms with Gasteiger partial charge in [-0.1, -0.05) is 0 Å². The highest BCUT2D eigenvalue weighted by molar-refractivity contribution is 9.10. The van der Waals surface area contributed by atoms with Crippen LogP contribution in [0.2, 0.25) is 0 Å². The predicted molar refractivity (Wildman–Crippen MR) is 68.9 cm³/mol. The van der Waals surface area contributed by atoms with Gasteiger partial charge in [-0.15, -0.1) is 0 Å². The fraction of sp³-hybridized carbons (Fsp3) is 0.400. The second-order valence-corrected chi connectivity index (χ2v) is 6.51. The Morgan fingerprint density at radius 2 is 2.05 bits per heavy atom. The minimum atomic E-state index is -4.20. The summed E-state index contributed by atoms with van der Waals surface area (Å²) in [5, 5.41) is 9.14. The van der Waals surface area contributed by atoms with Gasteiger partial charge in [0.1, 0.15) is 16.5 Å². The number of nitrogens with two attached hydrogens (primary N) is 1. The van der Waals surface area contributed by atoms with E-state index in [1.165, 1.54) is 6.92 Å². The van der Waals surface area contributed by atoms with Crippen molar-refractivity contribution in [2.45, 2.75) is 24.0 Å².